The van der Waals surface area contributed by atoms with Crippen LogP contribution in [-0.4, -0.2) is 18.1 Å². The molecule has 104 valence electrons. The smallest absolute Gasteiger partial charge is 0.251 e. The second-order valence-corrected chi connectivity index (χ2v) is 5.78. The third-order valence-corrected chi connectivity index (χ3v) is 3.52. The van der Waals surface area contributed by atoms with Crippen molar-refractivity contribution in [2.75, 3.05) is 0 Å². The van der Waals surface area contributed by atoms with E-state index in [0.717, 1.165) is 24.5 Å². The number of rotatable bonds is 4. The molecule has 1 aliphatic rings. The highest BCUT2D eigenvalue weighted by atomic mass is 16.5. The predicted octanol–water partition coefficient (Wildman–Crippen LogP) is 3.39. The summed E-state index contributed by atoms with van der Waals surface area (Å²) < 4.78 is 5.56. The van der Waals surface area contributed by atoms with Gasteiger partial charge in [-0.2, -0.15) is 0 Å². The van der Waals surface area contributed by atoms with Crippen molar-refractivity contribution < 1.29 is 9.53 Å². The van der Waals surface area contributed by atoms with Gasteiger partial charge in [-0.25, -0.2) is 0 Å². The fourth-order valence-corrected chi connectivity index (χ4v) is 2.56. The molecule has 0 aliphatic heterocycles. The van der Waals surface area contributed by atoms with Crippen LogP contribution in [0.4, 0.5) is 0 Å². The van der Waals surface area contributed by atoms with E-state index in [1.807, 2.05) is 38.1 Å². The quantitative estimate of drug-likeness (QED) is 0.902. The zero-order valence-corrected chi connectivity index (χ0v) is 12.0. The molecule has 2 unspecified atom stereocenters. The third-order valence-electron chi connectivity index (χ3n) is 3.52. The Morgan fingerprint density at radius 2 is 1.95 bits per heavy atom. The Morgan fingerprint density at radius 1 is 1.26 bits per heavy atom. The van der Waals surface area contributed by atoms with Crippen LogP contribution >= 0.6 is 0 Å². The first-order valence-corrected chi connectivity index (χ1v) is 7.12. The Bertz CT molecular complexity index is 425. The lowest BCUT2D eigenvalue weighted by Crippen LogP contribution is -2.32. The first kappa shape index (κ1) is 13.9. The number of ether oxygens (including phenoxy) is 1. The molecule has 2 rings (SSSR count). The van der Waals surface area contributed by atoms with Crippen molar-refractivity contribution in [3.05, 3.63) is 29.8 Å². The van der Waals surface area contributed by atoms with Gasteiger partial charge in [-0.05, 0) is 63.3 Å². The number of nitrogens with one attached hydrogen (secondary N) is 1. The second-order valence-electron chi connectivity index (χ2n) is 5.78. The van der Waals surface area contributed by atoms with Crippen molar-refractivity contribution in [3.8, 4) is 5.75 Å². The second kappa shape index (κ2) is 6.09. The van der Waals surface area contributed by atoms with E-state index in [4.69, 9.17) is 4.74 Å². The SMILES string of the molecule is CC1CCC(NC(=O)c2ccc(OC(C)C)cc2)C1. The van der Waals surface area contributed by atoms with Crippen LogP contribution in [0.5, 0.6) is 5.75 Å². The molecule has 0 spiro atoms. The summed E-state index contributed by atoms with van der Waals surface area (Å²) in [6.07, 6.45) is 3.56. The maximum Gasteiger partial charge on any atom is 0.251 e. The number of amides is 1. The summed E-state index contributed by atoms with van der Waals surface area (Å²) in [7, 11) is 0. The highest BCUT2D eigenvalue weighted by Crippen LogP contribution is 2.25. The van der Waals surface area contributed by atoms with E-state index in [2.05, 4.69) is 12.2 Å². The van der Waals surface area contributed by atoms with Crippen LogP contribution in [0.3, 0.4) is 0 Å². The minimum atomic E-state index is 0.0233. The highest BCUT2D eigenvalue weighted by molar-refractivity contribution is 5.94. The van der Waals surface area contributed by atoms with Gasteiger partial charge in [0.15, 0.2) is 0 Å². The zero-order chi connectivity index (χ0) is 13.8. The lowest BCUT2D eigenvalue weighted by atomic mass is 10.1. The molecule has 1 aliphatic carbocycles. The molecule has 3 nitrogen and oxygen atoms in total. The van der Waals surface area contributed by atoms with Gasteiger partial charge in [-0.3, -0.25) is 4.79 Å². The van der Waals surface area contributed by atoms with Crippen LogP contribution in [0.1, 0.15) is 50.4 Å². The van der Waals surface area contributed by atoms with Crippen LogP contribution in [0.2, 0.25) is 0 Å². The van der Waals surface area contributed by atoms with Crippen LogP contribution in [0.25, 0.3) is 0 Å². The average Bonchev–Trinajstić information content (AvgIpc) is 2.75. The predicted molar refractivity (Wildman–Crippen MR) is 76.5 cm³/mol. The van der Waals surface area contributed by atoms with E-state index in [1.54, 1.807) is 0 Å². The molecule has 1 N–H and O–H groups in total. The largest absolute Gasteiger partial charge is 0.491 e. The summed E-state index contributed by atoms with van der Waals surface area (Å²) in [5.41, 5.74) is 0.704. The van der Waals surface area contributed by atoms with Crippen LogP contribution in [0, 0.1) is 5.92 Å². The van der Waals surface area contributed by atoms with Gasteiger partial charge in [0, 0.05) is 11.6 Å². The molecule has 1 aromatic carbocycles. The fourth-order valence-electron chi connectivity index (χ4n) is 2.56. The minimum Gasteiger partial charge on any atom is -0.491 e. The summed E-state index contributed by atoms with van der Waals surface area (Å²) >= 11 is 0. The van der Waals surface area contributed by atoms with Gasteiger partial charge < -0.3 is 10.1 Å². The van der Waals surface area contributed by atoms with E-state index >= 15 is 0 Å². The Labute approximate surface area is 115 Å². The molecule has 0 saturated heterocycles. The van der Waals surface area contributed by atoms with E-state index in [1.165, 1.54) is 6.42 Å². The Hall–Kier alpha value is -1.51. The summed E-state index contributed by atoms with van der Waals surface area (Å²) in [5.74, 6) is 1.56. The van der Waals surface area contributed by atoms with Crippen LogP contribution in [0.15, 0.2) is 24.3 Å². The third kappa shape index (κ3) is 3.98. The van der Waals surface area contributed by atoms with Crippen molar-refractivity contribution in [2.24, 2.45) is 5.92 Å². The van der Waals surface area contributed by atoms with Crippen molar-refractivity contribution in [1.82, 2.24) is 5.32 Å². The van der Waals surface area contributed by atoms with Gasteiger partial charge >= 0.3 is 0 Å². The van der Waals surface area contributed by atoms with Crippen molar-refractivity contribution in [1.29, 1.82) is 0 Å². The maximum atomic E-state index is 12.1. The first-order valence-electron chi connectivity index (χ1n) is 7.12. The molecule has 19 heavy (non-hydrogen) atoms. The van der Waals surface area contributed by atoms with Gasteiger partial charge in [-0.15, -0.1) is 0 Å². The van der Waals surface area contributed by atoms with Gasteiger partial charge in [-0.1, -0.05) is 6.92 Å². The molecule has 1 fully saturated rings. The molecule has 0 aromatic heterocycles. The number of hydrogen-bond donors (Lipinski definition) is 1. The number of carbonyl (C=O) groups is 1. The fraction of sp³-hybridized carbons (Fsp3) is 0.562. The average molecular weight is 261 g/mol. The summed E-state index contributed by atoms with van der Waals surface area (Å²) in [6.45, 7) is 6.22. The van der Waals surface area contributed by atoms with E-state index < -0.39 is 0 Å². The zero-order valence-electron chi connectivity index (χ0n) is 12.0. The van der Waals surface area contributed by atoms with Crippen molar-refractivity contribution >= 4 is 5.91 Å². The number of benzene rings is 1. The molecule has 0 radical (unpaired) electrons. The molecular formula is C16H23NO2. The first-order chi connectivity index (χ1) is 9.04. The molecule has 0 bridgehead atoms. The monoisotopic (exact) mass is 261 g/mol. The van der Waals surface area contributed by atoms with Gasteiger partial charge in [0.2, 0.25) is 0 Å². The van der Waals surface area contributed by atoms with E-state index in [-0.39, 0.29) is 12.0 Å². The number of carbonyl (C=O) groups excluding carboxylic acids is 1. The Kier molecular flexibility index (Phi) is 4.46. The minimum absolute atomic E-state index is 0.0233. The molecule has 3 heteroatoms. The topological polar surface area (TPSA) is 38.3 Å². The van der Waals surface area contributed by atoms with E-state index in [9.17, 15) is 4.79 Å². The molecule has 1 amide bonds. The van der Waals surface area contributed by atoms with Gasteiger partial charge in [0.25, 0.3) is 5.91 Å². The summed E-state index contributed by atoms with van der Waals surface area (Å²) in [4.78, 5) is 12.1. The standard InChI is InChI=1S/C16H23NO2/c1-11(2)19-15-8-5-13(6-9-15)16(18)17-14-7-4-12(3)10-14/h5-6,8-9,11-12,14H,4,7,10H2,1-3H3,(H,17,18). The van der Waals surface area contributed by atoms with Gasteiger partial charge in [0.05, 0.1) is 6.10 Å². The Morgan fingerprint density at radius 3 is 2.47 bits per heavy atom. The van der Waals surface area contributed by atoms with Crippen molar-refractivity contribution in [3.63, 3.8) is 0 Å². The van der Waals surface area contributed by atoms with Crippen LogP contribution in [-0.2, 0) is 0 Å². The number of hydrogen-bond acceptors (Lipinski definition) is 2. The molecule has 1 aromatic rings. The molecule has 1 saturated carbocycles. The summed E-state index contributed by atoms with van der Waals surface area (Å²) in [6, 6.07) is 7.70. The van der Waals surface area contributed by atoms with Gasteiger partial charge in [0.1, 0.15) is 5.75 Å². The maximum absolute atomic E-state index is 12.1. The lowest BCUT2D eigenvalue weighted by Gasteiger charge is -2.13. The Balaban J connectivity index is 1.92. The molecule has 0 heterocycles. The van der Waals surface area contributed by atoms with E-state index in [0.29, 0.717) is 11.6 Å². The molecular weight excluding hydrogens is 238 g/mol. The molecule has 2 atom stereocenters. The van der Waals surface area contributed by atoms with Crippen LogP contribution < -0.4 is 10.1 Å². The summed E-state index contributed by atoms with van der Waals surface area (Å²) in [5, 5.41) is 3.11. The van der Waals surface area contributed by atoms with Crippen molar-refractivity contribution in [2.45, 2.75) is 52.2 Å². The highest BCUT2D eigenvalue weighted by Gasteiger charge is 2.22. The normalized spacial score (nSPS) is 22.5. The lowest BCUT2D eigenvalue weighted by molar-refractivity contribution is 0.0937.